The molecule has 1 rings (SSSR count). The van der Waals surface area contributed by atoms with Crippen LogP contribution in [-0.2, 0) is 11.2 Å². The highest BCUT2D eigenvalue weighted by Crippen LogP contribution is 2.18. The largest absolute Gasteiger partial charge is 0.481 e. The Kier molecular flexibility index (Phi) is 5.03. The molecule has 0 aliphatic heterocycles. The number of carboxylic acid groups (broad SMARTS) is 1. The number of hydrogen-bond acceptors (Lipinski definition) is 1. The predicted molar refractivity (Wildman–Crippen MR) is 65.3 cm³/mol. The Hall–Kier alpha value is -1.31. The van der Waals surface area contributed by atoms with E-state index in [1.807, 2.05) is 32.0 Å². The lowest BCUT2D eigenvalue weighted by molar-refractivity contribution is -0.143. The monoisotopic (exact) mass is 220 g/mol. The highest BCUT2D eigenvalue weighted by Gasteiger charge is 2.20. The molecule has 0 saturated heterocycles. The van der Waals surface area contributed by atoms with E-state index in [9.17, 15) is 4.79 Å². The average molecular weight is 220 g/mol. The standard InChI is InChI=1S/C14H20O2/c1-11(2)13(14(15)16)10-6-9-12-7-4-3-5-8-12/h3-5,7-8,11,13H,6,9-10H2,1-2H3,(H,15,16). The Morgan fingerprint density at radius 3 is 2.38 bits per heavy atom. The number of hydrogen-bond donors (Lipinski definition) is 1. The van der Waals surface area contributed by atoms with Crippen molar-refractivity contribution in [2.75, 3.05) is 0 Å². The van der Waals surface area contributed by atoms with Gasteiger partial charge in [0, 0.05) is 0 Å². The highest BCUT2D eigenvalue weighted by atomic mass is 16.4. The summed E-state index contributed by atoms with van der Waals surface area (Å²) in [4.78, 5) is 11.0. The SMILES string of the molecule is CC(C)C(CCCc1ccccc1)C(=O)O. The topological polar surface area (TPSA) is 37.3 Å². The molecule has 0 amide bonds. The van der Waals surface area contributed by atoms with Gasteiger partial charge in [-0.25, -0.2) is 0 Å². The van der Waals surface area contributed by atoms with Gasteiger partial charge in [0.15, 0.2) is 0 Å². The van der Waals surface area contributed by atoms with Crippen molar-refractivity contribution in [3.05, 3.63) is 35.9 Å². The maximum Gasteiger partial charge on any atom is 0.306 e. The van der Waals surface area contributed by atoms with Gasteiger partial charge in [-0.05, 0) is 30.7 Å². The molecule has 16 heavy (non-hydrogen) atoms. The first-order chi connectivity index (χ1) is 7.61. The molecule has 1 unspecified atom stereocenters. The molecule has 0 aromatic heterocycles. The summed E-state index contributed by atoms with van der Waals surface area (Å²) in [5, 5.41) is 9.04. The number of benzene rings is 1. The van der Waals surface area contributed by atoms with Crippen molar-refractivity contribution in [2.45, 2.75) is 33.1 Å². The van der Waals surface area contributed by atoms with Crippen LogP contribution in [0.5, 0.6) is 0 Å². The van der Waals surface area contributed by atoms with Crippen LogP contribution in [0.25, 0.3) is 0 Å². The lowest BCUT2D eigenvalue weighted by Crippen LogP contribution is -2.19. The second-order valence-electron chi connectivity index (χ2n) is 4.57. The third kappa shape index (κ3) is 4.05. The Morgan fingerprint density at radius 2 is 1.88 bits per heavy atom. The second-order valence-corrected chi connectivity index (χ2v) is 4.57. The Morgan fingerprint density at radius 1 is 1.25 bits per heavy atom. The fourth-order valence-corrected chi connectivity index (χ4v) is 1.91. The highest BCUT2D eigenvalue weighted by molar-refractivity contribution is 5.70. The van der Waals surface area contributed by atoms with Crippen LogP contribution in [-0.4, -0.2) is 11.1 Å². The summed E-state index contributed by atoms with van der Waals surface area (Å²) >= 11 is 0. The Balaban J connectivity index is 2.37. The molecular formula is C14H20O2. The molecule has 0 aliphatic carbocycles. The van der Waals surface area contributed by atoms with E-state index >= 15 is 0 Å². The fourth-order valence-electron chi connectivity index (χ4n) is 1.91. The van der Waals surface area contributed by atoms with Crippen LogP contribution >= 0.6 is 0 Å². The number of aliphatic carboxylic acids is 1. The third-order valence-corrected chi connectivity index (χ3v) is 2.95. The number of carbonyl (C=O) groups is 1. The van der Waals surface area contributed by atoms with Crippen LogP contribution < -0.4 is 0 Å². The van der Waals surface area contributed by atoms with Gasteiger partial charge in [0.1, 0.15) is 0 Å². The minimum absolute atomic E-state index is 0.205. The minimum Gasteiger partial charge on any atom is -0.481 e. The normalized spacial score (nSPS) is 12.7. The van der Waals surface area contributed by atoms with Gasteiger partial charge in [0.2, 0.25) is 0 Å². The first kappa shape index (κ1) is 12.8. The smallest absolute Gasteiger partial charge is 0.306 e. The number of rotatable bonds is 6. The summed E-state index contributed by atoms with van der Waals surface area (Å²) in [5.74, 6) is -0.653. The zero-order chi connectivity index (χ0) is 12.0. The molecule has 1 aromatic rings. The predicted octanol–water partition coefficient (Wildman–Crippen LogP) is 3.37. The van der Waals surface area contributed by atoms with Crippen LogP contribution in [0.15, 0.2) is 30.3 Å². The van der Waals surface area contributed by atoms with Crippen molar-refractivity contribution in [1.29, 1.82) is 0 Å². The van der Waals surface area contributed by atoms with Gasteiger partial charge >= 0.3 is 5.97 Å². The van der Waals surface area contributed by atoms with Crippen LogP contribution in [0.4, 0.5) is 0 Å². The molecule has 1 atom stereocenters. The van der Waals surface area contributed by atoms with Gasteiger partial charge in [-0.15, -0.1) is 0 Å². The van der Waals surface area contributed by atoms with Gasteiger partial charge < -0.3 is 5.11 Å². The van der Waals surface area contributed by atoms with Crippen molar-refractivity contribution in [3.63, 3.8) is 0 Å². The molecule has 0 fully saturated rings. The minimum atomic E-state index is -0.664. The van der Waals surface area contributed by atoms with Crippen molar-refractivity contribution in [1.82, 2.24) is 0 Å². The van der Waals surface area contributed by atoms with Gasteiger partial charge in [0.05, 0.1) is 5.92 Å². The Labute approximate surface area is 97.3 Å². The molecule has 88 valence electrons. The lowest BCUT2D eigenvalue weighted by Gasteiger charge is -2.15. The van der Waals surface area contributed by atoms with E-state index in [1.54, 1.807) is 0 Å². The molecule has 0 saturated carbocycles. The molecule has 0 radical (unpaired) electrons. The van der Waals surface area contributed by atoms with E-state index in [-0.39, 0.29) is 11.8 Å². The van der Waals surface area contributed by atoms with Crippen molar-refractivity contribution in [3.8, 4) is 0 Å². The first-order valence-corrected chi connectivity index (χ1v) is 5.88. The zero-order valence-corrected chi connectivity index (χ0v) is 10.0. The summed E-state index contributed by atoms with van der Waals surface area (Å²) in [6, 6.07) is 10.2. The number of carboxylic acids is 1. The number of aryl methyl sites for hydroxylation is 1. The van der Waals surface area contributed by atoms with E-state index in [0.29, 0.717) is 0 Å². The summed E-state index contributed by atoms with van der Waals surface area (Å²) in [6.45, 7) is 3.95. The quantitative estimate of drug-likeness (QED) is 0.798. The van der Waals surface area contributed by atoms with Gasteiger partial charge in [-0.3, -0.25) is 4.79 Å². The molecule has 0 spiro atoms. The van der Waals surface area contributed by atoms with Crippen LogP contribution in [0.2, 0.25) is 0 Å². The van der Waals surface area contributed by atoms with Crippen molar-refractivity contribution >= 4 is 5.97 Å². The average Bonchev–Trinajstić information content (AvgIpc) is 2.24. The lowest BCUT2D eigenvalue weighted by atomic mass is 9.90. The van der Waals surface area contributed by atoms with Crippen molar-refractivity contribution in [2.24, 2.45) is 11.8 Å². The molecule has 0 aliphatic rings. The maximum absolute atomic E-state index is 11.0. The molecule has 0 heterocycles. The van der Waals surface area contributed by atoms with E-state index in [4.69, 9.17) is 5.11 Å². The summed E-state index contributed by atoms with van der Waals surface area (Å²) < 4.78 is 0. The first-order valence-electron chi connectivity index (χ1n) is 5.88. The molecule has 2 heteroatoms. The molecule has 0 bridgehead atoms. The second kappa shape index (κ2) is 6.31. The van der Waals surface area contributed by atoms with E-state index < -0.39 is 5.97 Å². The van der Waals surface area contributed by atoms with Crippen molar-refractivity contribution < 1.29 is 9.90 Å². The molecule has 1 aromatic carbocycles. The van der Waals surface area contributed by atoms with Crippen LogP contribution in [0.3, 0.4) is 0 Å². The van der Waals surface area contributed by atoms with Crippen LogP contribution in [0.1, 0.15) is 32.3 Å². The summed E-state index contributed by atoms with van der Waals surface area (Å²) in [6.07, 6.45) is 2.68. The maximum atomic E-state index is 11.0. The van der Waals surface area contributed by atoms with E-state index in [0.717, 1.165) is 19.3 Å². The van der Waals surface area contributed by atoms with Crippen LogP contribution in [0, 0.1) is 11.8 Å². The fraction of sp³-hybridized carbons (Fsp3) is 0.500. The molecule has 1 N–H and O–H groups in total. The zero-order valence-electron chi connectivity index (χ0n) is 10.0. The van der Waals surface area contributed by atoms with Gasteiger partial charge in [0.25, 0.3) is 0 Å². The van der Waals surface area contributed by atoms with Gasteiger partial charge in [-0.2, -0.15) is 0 Å². The molecule has 2 nitrogen and oxygen atoms in total. The van der Waals surface area contributed by atoms with E-state index in [1.165, 1.54) is 5.56 Å². The third-order valence-electron chi connectivity index (χ3n) is 2.95. The van der Waals surface area contributed by atoms with E-state index in [2.05, 4.69) is 12.1 Å². The summed E-state index contributed by atoms with van der Waals surface area (Å²) in [7, 11) is 0. The van der Waals surface area contributed by atoms with Gasteiger partial charge in [-0.1, -0.05) is 44.2 Å². The Bertz CT molecular complexity index is 317. The summed E-state index contributed by atoms with van der Waals surface area (Å²) in [5.41, 5.74) is 1.29. The molecular weight excluding hydrogens is 200 g/mol.